The van der Waals surface area contributed by atoms with Gasteiger partial charge in [0.15, 0.2) is 5.11 Å². The number of aryl methyl sites for hydroxylation is 1. The number of anilines is 1. The van der Waals surface area contributed by atoms with Crippen LogP contribution in [-0.2, 0) is 9.59 Å². The van der Waals surface area contributed by atoms with Crippen molar-refractivity contribution in [2.75, 3.05) is 4.90 Å². The number of nitrogens with zero attached hydrogens (tertiary/aromatic N) is 1. The molecule has 0 radical (unpaired) electrons. The molecule has 1 N–H and O–H groups in total. The third-order valence-electron chi connectivity index (χ3n) is 3.22. The summed E-state index contributed by atoms with van der Waals surface area (Å²) in [6, 6.07) is 10.6. The van der Waals surface area contributed by atoms with Crippen LogP contribution < -0.4 is 10.2 Å². The summed E-state index contributed by atoms with van der Waals surface area (Å²) in [5.74, 6) is 0.0918. The maximum absolute atomic E-state index is 12.7. The number of nitrogens with one attached hydrogen (secondary N) is 1. The van der Waals surface area contributed by atoms with E-state index >= 15 is 0 Å². The van der Waals surface area contributed by atoms with Gasteiger partial charge in [-0.1, -0.05) is 22.0 Å². The average Bonchev–Trinajstić information content (AvgIpc) is 2.89. The second-order valence-electron chi connectivity index (χ2n) is 4.89. The number of thiocarbonyl (C=S) groups is 1. The van der Waals surface area contributed by atoms with Crippen molar-refractivity contribution < 1.29 is 14.0 Å². The molecule has 1 aromatic carbocycles. The Balaban J connectivity index is 2.02. The lowest BCUT2D eigenvalue weighted by molar-refractivity contribution is -0.122. The Morgan fingerprint density at radius 3 is 2.70 bits per heavy atom. The fourth-order valence-corrected chi connectivity index (χ4v) is 2.85. The maximum atomic E-state index is 12.7. The van der Waals surface area contributed by atoms with Crippen molar-refractivity contribution in [3.05, 3.63) is 58.0 Å². The lowest BCUT2D eigenvalue weighted by Gasteiger charge is -2.28. The summed E-state index contributed by atoms with van der Waals surface area (Å²) in [7, 11) is 0. The molecule has 116 valence electrons. The van der Waals surface area contributed by atoms with Crippen LogP contribution >= 0.6 is 28.1 Å². The lowest BCUT2D eigenvalue weighted by Crippen LogP contribution is -2.54. The zero-order valence-electron chi connectivity index (χ0n) is 12.0. The normalized spacial score (nSPS) is 16.9. The van der Waals surface area contributed by atoms with E-state index < -0.39 is 11.8 Å². The standard InChI is InChI=1S/C16H11BrN2O3S/c1-9-5-6-12(22-9)8-13-14(20)18-16(23)19(15(13)21)11-4-2-3-10(17)7-11/h2-8H,1H3,(H,18,20,23)/b13-8+. The first-order valence-corrected chi connectivity index (χ1v) is 7.89. The van der Waals surface area contributed by atoms with E-state index in [1.807, 2.05) is 6.07 Å². The minimum absolute atomic E-state index is 0.0343. The monoisotopic (exact) mass is 390 g/mol. The first-order valence-electron chi connectivity index (χ1n) is 6.69. The van der Waals surface area contributed by atoms with Crippen LogP contribution in [0, 0.1) is 6.92 Å². The Bertz CT molecular complexity index is 857. The topological polar surface area (TPSA) is 62.6 Å². The third-order valence-corrected chi connectivity index (χ3v) is 3.99. The number of rotatable bonds is 2. The van der Waals surface area contributed by atoms with E-state index in [2.05, 4.69) is 21.2 Å². The highest BCUT2D eigenvalue weighted by Gasteiger charge is 2.34. The fraction of sp³-hybridized carbons (Fsp3) is 0.0625. The predicted molar refractivity (Wildman–Crippen MR) is 93.8 cm³/mol. The molecule has 23 heavy (non-hydrogen) atoms. The van der Waals surface area contributed by atoms with Crippen molar-refractivity contribution in [3.63, 3.8) is 0 Å². The van der Waals surface area contributed by atoms with Crippen LogP contribution in [0.25, 0.3) is 6.08 Å². The number of hydrogen-bond acceptors (Lipinski definition) is 4. The number of carbonyl (C=O) groups excluding carboxylic acids is 2. The van der Waals surface area contributed by atoms with Crippen molar-refractivity contribution in [2.24, 2.45) is 0 Å². The highest BCUT2D eigenvalue weighted by atomic mass is 79.9. The zero-order valence-corrected chi connectivity index (χ0v) is 14.4. The molecule has 3 rings (SSSR count). The van der Waals surface area contributed by atoms with Gasteiger partial charge in [0.05, 0.1) is 5.69 Å². The summed E-state index contributed by atoms with van der Waals surface area (Å²) in [6.07, 6.45) is 1.41. The van der Waals surface area contributed by atoms with Gasteiger partial charge >= 0.3 is 0 Å². The fourth-order valence-electron chi connectivity index (χ4n) is 2.18. The molecular weight excluding hydrogens is 380 g/mol. The Kier molecular flexibility index (Phi) is 4.14. The first-order chi connectivity index (χ1) is 11.0. The van der Waals surface area contributed by atoms with Gasteiger partial charge in [0.2, 0.25) is 0 Å². The average molecular weight is 391 g/mol. The van der Waals surface area contributed by atoms with Gasteiger partial charge in [0, 0.05) is 4.47 Å². The molecule has 2 amide bonds. The molecule has 1 aromatic heterocycles. The largest absolute Gasteiger partial charge is 0.462 e. The summed E-state index contributed by atoms with van der Waals surface area (Å²) in [5.41, 5.74) is 0.531. The Morgan fingerprint density at radius 2 is 2.04 bits per heavy atom. The number of carbonyl (C=O) groups is 2. The van der Waals surface area contributed by atoms with Crippen LogP contribution in [0.3, 0.4) is 0 Å². The quantitative estimate of drug-likeness (QED) is 0.485. The van der Waals surface area contributed by atoms with E-state index in [0.29, 0.717) is 17.2 Å². The molecule has 1 aliphatic rings. The summed E-state index contributed by atoms with van der Waals surface area (Å²) in [4.78, 5) is 26.1. The Morgan fingerprint density at radius 1 is 1.26 bits per heavy atom. The van der Waals surface area contributed by atoms with Gasteiger partial charge in [-0.3, -0.25) is 19.8 Å². The van der Waals surface area contributed by atoms with Crippen LogP contribution in [0.1, 0.15) is 11.5 Å². The molecule has 5 nitrogen and oxygen atoms in total. The Labute approximate surface area is 146 Å². The van der Waals surface area contributed by atoms with Crippen LogP contribution in [0.4, 0.5) is 5.69 Å². The van der Waals surface area contributed by atoms with Gasteiger partial charge in [-0.15, -0.1) is 0 Å². The lowest BCUT2D eigenvalue weighted by atomic mass is 10.1. The van der Waals surface area contributed by atoms with E-state index in [9.17, 15) is 9.59 Å². The smallest absolute Gasteiger partial charge is 0.270 e. The molecular formula is C16H11BrN2O3S. The van der Waals surface area contributed by atoms with Gasteiger partial charge < -0.3 is 4.42 Å². The molecule has 0 unspecified atom stereocenters. The highest BCUT2D eigenvalue weighted by molar-refractivity contribution is 9.10. The number of amides is 2. The van der Waals surface area contributed by atoms with Crippen LogP contribution in [0.15, 0.2) is 50.9 Å². The van der Waals surface area contributed by atoms with Crippen LogP contribution in [0.2, 0.25) is 0 Å². The number of halogens is 1. The summed E-state index contributed by atoms with van der Waals surface area (Å²) in [6.45, 7) is 1.79. The first kappa shape index (κ1) is 15.6. The van der Waals surface area contributed by atoms with Crippen molar-refractivity contribution in [1.82, 2.24) is 5.32 Å². The maximum Gasteiger partial charge on any atom is 0.270 e. The van der Waals surface area contributed by atoms with Crippen LogP contribution in [0.5, 0.6) is 0 Å². The van der Waals surface area contributed by atoms with Gasteiger partial charge in [0.1, 0.15) is 17.1 Å². The highest BCUT2D eigenvalue weighted by Crippen LogP contribution is 2.25. The third kappa shape index (κ3) is 3.11. The molecule has 0 atom stereocenters. The second-order valence-corrected chi connectivity index (χ2v) is 6.19. The molecule has 0 spiro atoms. The molecule has 2 aromatic rings. The minimum Gasteiger partial charge on any atom is -0.462 e. The van der Waals surface area contributed by atoms with Crippen LogP contribution in [-0.4, -0.2) is 16.9 Å². The van der Waals surface area contributed by atoms with E-state index in [0.717, 1.165) is 4.47 Å². The molecule has 2 heterocycles. The number of hydrogen-bond donors (Lipinski definition) is 1. The number of benzene rings is 1. The molecule has 7 heteroatoms. The molecule has 0 aliphatic carbocycles. The van der Waals surface area contributed by atoms with Crippen molar-refractivity contribution in [2.45, 2.75) is 6.92 Å². The summed E-state index contributed by atoms with van der Waals surface area (Å²) < 4.78 is 6.20. The van der Waals surface area contributed by atoms with Gasteiger partial charge in [0.25, 0.3) is 11.8 Å². The molecule has 0 saturated carbocycles. The van der Waals surface area contributed by atoms with E-state index in [-0.39, 0.29) is 10.7 Å². The van der Waals surface area contributed by atoms with Crippen molar-refractivity contribution in [1.29, 1.82) is 0 Å². The van der Waals surface area contributed by atoms with E-state index in [1.54, 1.807) is 37.3 Å². The summed E-state index contributed by atoms with van der Waals surface area (Å²) in [5, 5.41) is 2.57. The Hall–Kier alpha value is -2.25. The summed E-state index contributed by atoms with van der Waals surface area (Å²) >= 11 is 8.49. The molecule has 0 bridgehead atoms. The van der Waals surface area contributed by atoms with Gasteiger partial charge in [-0.05, 0) is 55.5 Å². The van der Waals surface area contributed by atoms with E-state index in [1.165, 1.54) is 11.0 Å². The second kappa shape index (κ2) is 6.10. The molecule has 1 aliphatic heterocycles. The van der Waals surface area contributed by atoms with Gasteiger partial charge in [-0.25, -0.2) is 0 Å². The minimum atomic E-state index is -0.541. The number of furan rings is 1. The van der Waals surface area contributed by atoms with Gasteiger partial charge in [-0.2, -0.15) is 0 Å². The zero-order chi connectivity index (χ0) is 16.6. The van der Waals surface area contributed by atoms with Crippen molar-refractivity contribution in [3.8, 4) is 0 Å². The van der Waals surface area contributed by atoms with Crippen molar-refractivity contribution >= 4 is 56.8 Å². The SMILES string of the molecule is Cc1ccc(/C=C2\C(=O)NC(=S)N(c3cccc(Br)c3)C2=O)o1. The predicted octanol–water partition coefficient (Wildman–Crippen LogP) is 3.18. The molecule has 1 fully saturated rings. The molecule has 1 saturated heterocycles. The van der Waals surface area contributed by atoms with E-state index in [4.69, 9.17) is 16.6 Å².